The molecule has 0 aliphatic heterocycles. The van der Waals surface area contributed by atoms with Gasteiger partial charge in [-0.2, -0.15) is 13.2 Å². The van der Waals surface area contributed by atoms with E-state index in [0.717, 1.165) is 0 Å². The van der Waals surface area contributed by atoms with Crippen LogP contribution in [0.5, 0.6) is 0 Å². The van der Waals surface area contributed by atoms with Gasteiger partial charge in [0.05, 0.1) is 5.92 Å². The SMILES string of the molecule is O=C(O)c1nnc(C2CCCCC2C(F)(F)F)o1. The van der Waals surface area contributed by atoms with Crippen molar-refractivity contribution in [2.45, 2.75) is 37.8 Å². The standard InChI is InChI=1S/C10H11F3N2O3/c11-10(12,13)6-4-2-1-3-5(6)7-14-15-8(18-7)9(16)17/h5-6H,1-4H2,(H,16,17). The quantitative estimate of drug-likeness (QED) is 0.888. The Morgan fingerprint density at radius 3 is 2.50 bits per heavy atom. The van der Waals surface area contributed by atoms with Gasteiger partial charge in [-0.3, -0.25) is 0 Å². The lowest BCUT2D eigenvalue weighted by molar-refractivity contribution is -0.188. The summed E-state index contributed by atoms with van der Waals surface area (Å²) in [6.45, 7) is 0. The molecule has 1 aliphatic carbocycles. The van der Waals surface area contributed by atoms with Gasteiger partial charge in [0.2, 0.25) is 5.89 Å². The van der Waals surface area contributed by atoms with Crippen LogP contribution in [0.3, 0.4) is 0 Å². The third-order valence-corrected chi connectivity index (χ3v) is 3.13. The minimum absolute atomic E-state index is 0.0128. The number of aromatic carboxylic acids is 1. The summed E-state index contributed by atoms with van der Waals surface area (Å²) in [7, 11) is 0. The van der Waals surface area contributed by atoms with Crippen molar-refractivity contribution in [3.8, 4) is 0 Å². The van der Waals surface area contributed by atoms with Crippen LogP contribution in [0.15, 0.2) is 4.42 Å². The molecule has 0 aromatic carbocycles. The first-order valence-electron chi connectivity index (χ1n) is 5.53. The first-order valence-corrected chi connectivity index (χ1v) is 5.53. The lowest BCUT2D eigenvalue weighted by Crippen LogP contribution is -2.31. The van der Waals surface area contributed by atoms with E-state index < -0.39 is 29.9 Å². The second-order valence-electron chi connectivity index (χ2n) is 4.29. The van der Waals surface area contributed by atoms with Crippen LogP contribution in [-0.4, -0.2) is 27.4 Å². The van der Waals surface area contributed by atoms with Gasteiger partial charge in [-0.05, 0) is 12.8 Å². The van der Waals surface area contributed by atoms with E-state index in [-0.39, 0.29) is 18.7 Å². The maximum Gasteiger partial charge on any atom is 0.393 e. The molecule has 1 aromatic heterocycles. The van der Waals surface area contributed by atoms with Gasteiger partial charge in [0.15, 0.2) is 0 Å². The Hall–Kier alpha value is -1.60. The summed E-state index contributed by atoms with van der Waals surface area (Å²) in [6, 6.07) is 0. The minimum atomic E-state index is -4.33. The largest absolute Gasteiger partial charge is 0.474 e. The van der Waals surface area contributed by atoms with Crippen LogP contribution in [0.1, 0.15) is 48.2 Å². The van der Waals surface area contributed by atoms with Crippen molar-refractivity contribution in [3.63, 3.8) is 0 Å². The number of carboxylic acids is 1. The number of carbonyl (C=O) groups is 1. The van der Waals surface area contributed by atoms with Crippen LogP contribution < -0.4 is 0 Å². The molecule has 0 amide bonds. The summed E-state index contributed by atoms with van der Waals surface area (Å²) in [5, 5.41) is 15.3. The summed E-state index contributed by atoms with van der Waals surface area (Å²) in [5.41, 5.74) is 0. The van der Waals surface area contributed by atoms with E-state index in [4.69, 9.17) is 9.52 Å². The van der Waals surface area contributed by atoms with Crippen molar-refractivity contribution in [1.29, 1.82) is 0 Å². The third kappa shape index (κ3) is 2.46. The molecule has 5 nitrogen and oxygen atoms in total. The predicted octanol–water partition coefficient (Wildman–Crippen LogP) is 2.60. The number of halogens is 3. The molecule has 2 rings (SSSR count). The molecule has 0 bridgehead atoms. The lowest BCUT2D eigenvalue weighted by Gasteiger charge is -2.30. The molecule has 1 N–H and O–H groups in total. The summed E-state index contributed by atoms with van der Waals surface area (Å²) in [6.07, 6.45) is -2.89. The molecule has 18 heavy (non-hydrogen) atoms. The molecule has 8 heteroatoms. The van der Waals surface area contributed by atoms with Crippen molar-refractivity contribution in [3.05, 3.63) is 11.8 Å². The highest BCUT2D eigenvalue weighted by Crippen LogP contribution is 2.45. The molecule has 100 valence electrons. The summed E-state index contributed by atoms with van der Waals surface area (Å²) in [5.74, 6) is -4.80. The summed E-state index contributed by atoms with van der Waals surface area (Å²) in [4.78, 5) is 10.6. The van der Waals surface area contributed by atoms with Crippen LogP contribution >= 0.6 is 0 Å². The highest BCUT2D eigenvalue weighted by Gasteiger charge is 2.47. The molecule has 0 spiro atoms. The second-order valence-corrected chi connectivity index (χ2v) is 4.29. The van der Waals surface area contributed by atoms with E-state index in [2.05, 4.69) is 10.2 Å². The topological polar surface area (TPSA) is 76.2 Å². The number of rotatable bonds is 2. The molecule has 0 saturated heterocycles. The number of hydrogen-bond acceptors (Lipinski definition) is 4. The molecule has 2 atom stereocenters. The average Bonchev–Trinajstić information content (AvgIpc) is 2.77. The number of alkyl halides is 3. The Morgan fingerprint density at radius 1 is 1.28 bits per heavy atom. The van der Waals surface area contributed by atoms with Crippen LogP contribution in [0.25, 0.3) is 0 Å². The van der Waals surface area contributed by atoms with E-state index in [1.165, 1.54) is 0 Å². The van der Waals surface area contributed by atoms with E-state index in [1.54, 1.807) is 0 Å². The van der Waals surface area contributed by atoms with Crippen molar-refractivity contribution in [2.24, 2.45) is 5.92 Å². The Kier molecular flexibility index (Phi) is 3.27. The van der Waals surface area contributed by atoms with Gasteiger partial charge in [-0.15, -0.1) is 10.2 Å². The highest BCUT2D eigenvalue weighted by atomic mass is 19.4. The molecule has 1 aliphatic rings. The van der Waals surface area contributed by atoms with Crippen LogP contribution in [-0.2, 0) is 0 Å². The molecule has 1 aromatic rings. The lowest BCUT2D eigenvalue weighted by atomic mass is 9.79. The zero-order valence-corrected chi connectivity index (χ0v) is 9.28. The molecule has 0 radical (unpaired) electrons. The van der Waals surface area contributed by atoms with E-state index >= 15 is 0 Å². The smallest absolute Gasteiger partial charge is 0.393 e. The fourth-order valence-corrected chi connectivity index (χ4v) is 2.29. The maximum atomic E-state index is 12.8. The average molecular weight is 264 g/mol. The number of carboxylic acid groups (broad SMARTS) is 1. The van der Waals surface area contributed by atoms with Gasteiger partial charge < -0.3 is 9.52 Å². The summed E-state index contributed by atoms with van der Waals surface area (Å²) < 4.78 is 43.3. The Morgan fingerprint density at radius 2 is 1.94 bits per heavy atom. The Bertz CT molecular complexity index is 444. The molecule has 1 saturated carbocycles. The molecule has 1 heterocycles. The van der Waals surface area contributed by atoms with Crippen molar-refractivity contribution in [1.82, 2.24) is 10.2 Å². The Labute approximate surface area is 100.0 Å². The number of aromatic nitrogens is 2. The maximum absolute atomic E-state index is 12.8. The molecule has 2 unspecified atom stereocenters. The fourth-order valence-electron chi connectivity index (χ4n) is 2.29. The van der Waals surface area contributed by atoms with Crippen molar-refractivity contribution >= 4 is 5.97 Å². The van der Waals surface area contributed by atoms with Gasteiger partial charge in [0, 0.05) is 5.92 Å². The first-order chi connectivity index (χ1) is 8.39. The van der Waals surface area contributed by atoms with Crippen molar-refractivity contribution in [2.75, 3.05) is 0 Å². The molecule has 1 fully saturated rings. The van der Waals surface area contributed by atoms with E-state index in [0.29, 0.717) is 12.8 Å². The van der Waals surface area contributed by atoms with Crippen molar-refractivity contribution < 1.29 is 27.5 Å². The van der Waals surface area contributed by atoms with Gasteiger partial charge in [0.25, 0.3) is 0 Å². The van der Waals surface area contributed by atoms with Gasteiger partial charge in [-0.1, -0.05) is 12.8 Å². The van der Waals surface area contributed by atoms with Gasteiger partial charge >= 0.3 is 18.0 Å². The Balaban J connectivity index is 2.25. The predicted molar refractivity (Wildman–Crippen MR) is 52.0 cm³/mol. The van der Waals surface area contributed by atoms with Crippen LogP contribution in [0.4, 0.5) is 13.2 Å². The number of nitrogens with zero attached hydrogens (tertiary/aromatic N) is 2. The van der Waals surface area contributed by atoms with E-state index in [9.17, 15) is 18.0 Å². The molecular weight excluding hydrogens is 253 g/mol. The van der Waals surface area contributed by atoms with E-state index in [1.807, 2.05) is 0 Å². The summed E-state index contributed by atoms with van der Waals surface area (Å²) >= 11 is 0. The second kappa shape index (κ2) is 4.58. The first kappa shape index (κ1) is 12.8. The third-order valence-electron chi connectivity index (χ3n) is 3.13. The van der Waals surface area contributed by atoms with Gasteiger partial charge in [0.1, 0.15) is 0 Å². The number of hydrogen-bond donors (Lipinski definition) is 1. The highest BCUT2D eigenvalue weighted by molar-refractivity contribution is 5.81. The zero-order valence-electron chi connectivity index (χ0n) is 9.28. The fraction of sp³-hybridized carbons (Fsp3) is 0.700. The van der Waals surface area contributed by atoms with Crippen LogP contribution in [0, 0.1) is 5.92 Å². The zero-order chi connectivity index (χ0) is 13.3. The van der Waals surface area contributed by atoms with Gasteiger partial charge in [-0.25, -0.2) is 4.79 Å². The normalized spacial score (nSPS) is 25.1. The molecular formula is C10H11F3N2O3. The monoisotopic (exact) mass is 264 g/mol. The van der Waals surface area contributed by atoms with Crippen LogP contribution in [0.2, 0.25) is 0 Å². The minimum Gasteiger partial charge on any atom is -0.474 e.